The number of nitrogens with one attached hydrogen (secondary N) is 1. The Morgan fingerprint density at radius 2 is 1.78 bits per heavy atom. The second-order valence-electron chi connectivity index (χ2n) is 8.61. The fourth-order valence-corrected chi connectivity index (χ4v) is 4.01. The van der Waals surface area contributed by atoms with Crippen molar-refractivity contribution < 1.29 is 9.53 Å². The molecule has 3 heterocycles. The van der Waals surface area contributed by atoms with Gasteiger partial charge in [0.25, 0.3) is 5.91 Å². The largest absolute Gasteiger partial charge is 0.497 e. The summed E-state index contributed by atoms with van der Waals surface area (Å²) in [6.45, 7) is 2.43. The van der Waals surface area contributed by atoms with Gasteiger partial charge in [-0.3, -0.25) is 9.48 Å². The molecule has 0 unspecified atom stereocenters. The van der Waals surface area contributed by atoms with Crippen molar-refractivity contribution >= 4 is 23.2 Å². The van der Waals surface area contributed by atoms with Crippen LogP contribution in [0.5, 0.6) is 5.75 Å². The van der Waals surface area contributed by atoms with E-state index in [4.69, 9.17) is 4.74 Å². The molecule has 0 fully saturated rings. The van der Waals surface area contributed by atoms with Gasteiger partial charge in [0.2, 0.25) is 5.95 Å². The Morgan fingerprint density at radius 3 is 2.44 bits per heavy atom. The van der Waals surface area contributed by atoms with Crippen LogP contribution >= 0.6 is 0 Å². The molecule has 0 bridgehead atoms. The SMILES string of the molecule is COc1ccc(-c2cccc3nc(Nc4ccc(C(=O)N(C)Cc5cc(C)n(C)n5)cc4)nn23)cc1. The molecule has 0 radical (unpaired) electrons. The first-order valence-electron chi connectivity index (χ1n) is 11.5. The van der Waals surface area contributed by atoms with E-state index in [1.165, 1.54) is 0 Å². The molecule has 0 saturated heterocycles. The lowest BCUT2D eigenvalue weighted by atomic mass is 10.1. The van der Waals surface area contributed by atoms with Crippen molar-refractivity contribution in [3.8, 4) is 17.0 Å². The lowest BCUT2D eigenvalue weighted by Crippen LogP contribution is -2.26. The van der Waals surface area contributed by atoms with Crippen LogP contribution in [0, 0.1) is 6.92 Å². The highest BCUT2D eigenvalue weighted by Gasteiger charge is 2.15. The van der Waals surface area contributed by atoms with Gasteiger partial charge in [0.15, 0.2) is 5.65 Å². The number of hydrogen-bond acceptors (Lipinski definition) is 6. The van der Waals surface area contributed by atoms with E-state index in [2.05, 4.69) is 20.5 Å². The summed E-state index contributed by atoms with van der Waals surface area (Å²) in [6, 6.07) is 23.0. The van der Waals surface area contributed by atoms with Crippen molar-refractivity contribution in [2.75, 3.05) is 19.5 Å². The first kappa shape index (κ1) is 23.1. The van der Waals surface area contributed by atoms with Crippen LogP contribution in [-0.2, 0) is 13.6 Å². The minimum Gasteiger partial charge on any atom is -0.497 e. The van der Waals surface area contributed by atoms with Gasteiger partial charge in [-0.05, 0) is 73.7 Å². The minimum atomic E-state index is -0.0696. The Balaban J connectivity index is 1.30. The second-order valence-corrected chi connectivity index (χ2v) is 8.61. The van der Waals surface area contributed by atoms with E-state index in [0.29, 0.717) is 18.1 Å². The summed E-state index contributed by atoms with van der Waals surface area (Å²) in [5.74, 6) is 1.20. The summed E-state index contributed by atoms with van der Waals surface area (Å²) in [4.78, 5) is 19.1. The van der Waals surface area contributed by atoms with E-state index in [-0.39, 0.29) is 5.91 Å². The third-order valence-corrected chi connectivity index (χ3v) is 6.04. The number of hydrogen-bond donors (Lipinski definition) is 1. The first-order chi connectivity index (χ1) is 17.4. The number of amides is 1. The molecular weight excluding hydrogens is 454 g/mol. The second kappa shape index (κ2) is 9.53. The van der Waals surface area contributed by atoms with Gasteiger partial charge >= 0.3 is 0 Å². The predicted molar refractivity (Wildman–Crippen MR) is 138 cm³/mol. The van der Waals surface area contributed by atoms with E-state index in [1.807, 2.05) is 74.6 Å². The zero-order valence-corrected chi connectivity index (χ0v) is 20.6. The molecule has 2 aromatic carbocycles. The number of ether oxygens (including phenoxy) is 1. The normalized spacial score (nSPS) is 11.0. The van der Waals surface area contributed by atoms with Gasteiger partial charge in [-0.25, -0.2) is 4.52 Å². The molecule has 1 N–H and O–H groups in total. The smallest absolute Gasteiger partial charge is 0.253 e. The van der Waals surface area contributed by atoms with Crippen LogP contribution in [0.2, 0.25) is 0 Å². The number of anilines is 2. The number of methoxy groups -OCH3 is 1. The number of nitrogens with zero attached hydrogens (tertiary/aromatic N) is 6. The zero-order valence-electron chi connectivity index (χ0n) is 20.6. The number of fused-ring (bicyclic) bond motifs is 1. The summed E-state index contributed by atoms with van der Waals surface area (Å²) in [5, 5.41) is 12.3. The molecule has 9 nitrogen and oxygen atoms in total. The van der Waals surface area contributed by atoms with Gasteiger partial charge in [-0.15, -0.1) is 5.10 Å². The molecule has 5 rings (SSSR count). The molecule has 0 saturated carbocycles. The quantitative estimate of drug-likeness (QED) is 0.369. The van der Waals surface area contributed by atoms with Gasteiger partial charge in [-0.2, -0.15) is 10.1 Å². The number of benzene rings is 2. The third kappa shape index (κ3) is 4.63. The molecule has 182 valence electrons. The number of aryl methyl sites for hydroxylation is 2. The fraction of sp³-hybridized carbons (Fsp3) is 0.185. The summed E-state index contributed by atoms with van der Waals surface area (Å²) in [6.07, 6.45) is 0. The molecule has 5 aromatic rings. The van der Waals surface area contributed by atoms with Gasteiger partial charge in [0.05, 0.1) is 25.0 Å². The lowest BCUT2D eigenvalue weighted by Gasteiger charge is -2.16. The molecule has 0 aliphatic carbocycles. The van der Waals surface area contributed by atoms with Crippen molar-refractivity contribution in [3.05, 3.63) is 89.7 Å². The molecule has 0 atom stereocenters. The van der Waals surface area contributed by atoms with Crippen molar-refractivity contribution in [1.29, 1.82) is 0 Å². The van der Waals surface area contributed by atoms with Crippen LogP contribution in [0.1, 0.15) is 21.7 Å². The maximum absolute atomic E-state index is 12.9. The number of carbonyl (C=O) groups excluding carboxylic acids is 1. The van der Waals surface area contributed by atoms with Gasteiger partial charge in [0, 0.05) is 36.6 Å². The maximum atomic E-state index is 12.9. The Hall–Kier alpha value is -4.66. The predicted octanol–water partition coefficient (Wildman–Crippen LogP) is 4.46. The molecule has 0 aliphatic heterocycles. The van der Waals surface area contributed by atoms with Crippen LogP contribution in [-0.4, -0.2) is 49.3 Å². The Labute approximate surface area is 209 Å². The molecule has 0 spiro atoms. The average Bonchev–Trinajstić information content (AvgIpc) is 3.45. The van der Waals surface area contributed by atoms with E-state index >= 15 is 0 Å². The topological polar surface area (TPSA) is 89.6 Å². The highest BCUT2D eigenvalue weighted by Crippen LogP contribution is 2.24. The van der Waals surface area contributed by atoms with Crippen molar-refractivity contribution in [1.82, 2.24) is 29.3 Å². The van der Waals surface area contributed by atoms with E-state index in [9.17, 15) is 4.79 Å². The van der Waals surface area contributed by atoms with Crippen LogP contribution in [0.15, 0.2) is 72.8 Å². The highest BCUT2D eigenvalue weighted by atomic mass is 16.5. The number of pyridine rings is 1. The van der Waals surface area contributed by atoms with E-state index < -0.39 is 0 Å². The van der Waals surface area contributed by atoms with Crippen molar-refractivity contribution in [3.63, 3.8) is 0 Å². The molecular formula is C27H27N7O2. The number of carbonyl (C=O) groups is 1. The molecule has 1 amide bonds. The summed E-state index contributed by atoms with van der Waals surface area (Å²) < 4.78 is 8.87. The third-order valence-electron chi connectivity index (χ3n) is 6.04. The minimum absolute atomic E-state index is 0.0696. The molecule has 9 heteroatoms. The standard InChI is InChI=1S/C27H27N7O2/c1-18-16-22(30-33(18)3)17-32(2)26(35)20-8-12-21(13-9-20)28-27-29-25-7-5-6-24(34(25)31-27)19-10-14-23(36-4)15-11-19/h5-16H,17H2,1-4H3,(H,28,31). The summed E-state index contributed by atoms with van der Waals surface area (Å²) in [7, 11) is 5.32. The Kier molecular flexibility index (Phi) is 6.12. The monoisotopic (exact) mass is 481 g/mol. The Morgan fingerprint density at radius 1 is 1.03 bits per heavy atom. The van der Waals surface area contributed by atoms with Gasteiger partial charge in [0.1, 0.15) is 5.75 Å². The van der Waals surface area contributed by atoms with Crippen LogP contribution < -0.4 is 10.1 Å². The van der Waals surface area contributed by atoms with Crippen LogP contribution in [0.3, 0.4) is 0 Å². The van der Waals surface area contributed by atoms with Gasteiger partial charge in [-0.1, -0.05) is 6.07 Å². The van der Waals surface area contributed by atoms with E-state index in [0.717, 1.165) is 39.7 Å². The van der Waals surface area contributed by atoms with Gasteiger partial charge < -0.3 is 15.0 Å². The number of aromatic nitrogens is 5. The summed E-state index contributed by atoms with van der Waals surface area (Å²) >= 11 is 0. The summed E-state index contributed by atoms with van der Waals surface area (Å²) in [5.41, 5.74) is 5.95. The van der Waals surface area contributed by atoms with Crippen LogP contribution in [0.4, 0.5) is 11.6 Å². The first-order valence-corrected chi connectivity index (χ1v) is 11.5. The molecule has 0 aliphatic rings. The highest BCUT2D eigenvalue weighted by molar-refractivity contribution is 5.94. The van der Waals surface area contributed by atoms with Crippen molar-refractivity contribution in [2.24, 2.45) is 7.05 Å². The average molecular weight is 482 g/mol. The Bertz CT molecular complexity index is 1500. The molecule has 3 aromatic heterocycles. The maximum Gasteiger partial charge on any atom is 0.253 e. The van der Waals surface area contributed by atoms with E-state index in [1.54, 1.807) is 40.4 Å². The lowest BCUT2D eigenvalue weighted by molar-refractivity contribution is 0.0783. The van der Waals surface area contributed by atoms with Crippen LogP contribution in [0.25, 0.3) is 16.9 Å². The number of rotatable bonds is 7. The van der Waals surface area contributed by atoms with Crippen molar-refractivity contribution in [2.45, 2.75) is 13.5 Å². The molecule has 36 heavy (non-hydrogen) atoms. The fourth-order valence-electron chi connectivity index (χ4n) is 4.01. The zero-order chi connectivity index (χ0) is 25.2.